The molecule has 0 aliphatic heterocycles. The molecule has 1 N–H and O–H groups in total. The van der Waals surface area contributed by atoms with Crippen LogP contribution in [0.25, 0.3) is 27.5 Å². The molecule has 0 saturated heterocycles. The molecule has 0 atom stereocenters. The number of nitrogens with zero attached hydrogens (tertiary/aromatic N) is 4. The van der Waals surface area contributed by atoms with E-state index in [1.165, 1.54) is 17.1 Å². The van der Waals surface area contributed by atoms with Crippen molar-refractivity contribution >= 4 is 33.4 Å². The molecule has 0 aliphatic carbocycles. The van der Waals surface area contributed by atoms with Crippen LogP contribution in [0.2, 0.25) is 0 Å². The van der Waals surface area contributed by atoms with Crippen molar-refractivity contribution in [2.75, 3.05) is 5.32 Å². The van der Waals surface area contributed by atoms with E-state index in [9.17, 15) is 9.59 Å². The molecule has 3 aromatic carbocycles. The highest BCUT2D eigenvalue weighted by molar-refractivity contribution is 6.02. The number of hydrogen-bond acceptors (Lipinski definition) is 4. The average Bonchev–Trinajstić information content (AvgIpc) is 3.21. The number of aryl methyl sites for hydroxylation is 1. The Kier molecular flexibility index (Phi) is 4.55. The molecule has 0 saturated carbocycles. The van der Waals surface area contributed by atoms with Gasteiger partial charge in [-0.3, -0.25) is 14.2 Å². The Hall–Kier alpha value is -4.26. The predicted octanol–water partition coefficient (Wildman–Crippen LogP) is 3.68. The van der Waals surface area contributed by atoms with Gasteiger partial charge < -0.3 is 5.32 Å². The topological polar surface area (TPSA) is 81.8 Å². The Balaban J connectivity index is 1.43. The van der Waals surface area contributed by atoms with Crippen molar-refractivity contribution in [1.82, 2.24) is 19.3 Å². The summed E-state index contributed by atoms with van der Waals surface area (Å²) < 4.78 is 2.92. The lowest BCUT2D eigenvalue weighted by Crippen LogP contribution is -2.27. The first-order valence-electron chi connectivity index (χ1n) is 9.88. The van der Waals surface area contributed by atoms with E-state index < -0.39 is 0 Å². The molecule has 152 valence electrons. The lowest BCUT2D eigenvalue weighted by Gasteiger charge is -2.10. The molecule has 0 radical (unpaired) electrons. The zero-order valence-corrected chi connectivity index (χ0v) is 16.8. The number of aromatic nitrogens is 4. The SMILES string of the molecule is Cc1ccc(-n2ncc3c(=O)n(CC(=O)Nc4cccc5ccccc45)cnc32)cc1. The first-order chi connectivity index (χ1) is 15.1. The molecule has 0 fully saturated rings. The summed E-state index contributed by atoms with van der Waals surface area (Å²) in [4.78, 5) is 30.0. The lowest BCUT2D eigenvalue weighted by molar-refractivity contribution is -0.116. The van der Waals surface area contributed by atoms with E-state index in [0.717, 1.165) is 22.0 Å². The summed E-state index contributed by atoms with van der Waals surface area (Å²) in [7, 11) is 0. The highest BCUT2D eigenvalue weighted by atomic mass is 16.2. The third-order valence-electron chi connectivity index (χ3n) is 5.21. The number of amides is 1. The minimum Gasteiger partial charge on any atom is -0.324 e. The Bertz CT molecular complexity index is 1480. The minimum absolute atomic E-state index is 0.138. The highest BCUT2D eigenvalue weighted by Crippen LogP contribution is 2.23. The van der Waals surface area contributed by atoms with Crippen LogP contribution in [-0.2, 0) is 11.3 Å². The number of rotatable bonds is 4. The van der Waals surface area contributed by atoms with Gasteiger partial charge in [-0.1, -0.05) is 54.1 Å². The van der Waals surface area contributed by atoms with Crippen LogP contribution in [0.5, 0.6) is 0 Å². The van der Waals surface area contributed by atoms with E-state index in [-0.39, 0.29) is 18.0 Å². The molecule has 5 rings (SSSR count). The Morgan fingerprint density at radius 3 is 2.58 bits per heavy atom. The molecular weight excluding hydrogens is 390 g/mol. The number of benzene rings is 3. The Morgan fingerprint density at radius 1 is 0.968 bits per heavy atom. The van der Waals surface area contributed by atoms with Crippen LogP contribution >= 0.6 is 0 Å². The van der Waals surface area contributed by atoms with Gasteiger partial charge in [-0.25, -0.2) is 9.67 Å². The van der Waals surface area contributed by atoms with Crippen LogP contribution in [0.3, 0.4) is 0 Å². The van der Waals surface area contributed by atoms with Gasteiger partial charge in [0, 0.05) is 11.1 Å². The summed E-state index contributed by atoms with van der Waals surface area (Å²) >= 11 is 0. The number of nitrogens with one attached hydrogen (secondary N) is 1. The summed E-state index contributed by atoms with van der Waals surface area (Å²) in [6.45, 7) is 1.87. The van der Waals surface area contributed by atoms with Gasteiger partial charge in [-0.15, -0.1) is 0 Å². The fourth-order valence-corrected chi connectivity index (χ4v) is 3.62. The summed E-state index contributed by atoms with van der Waals surface area (Å²) in [5.74, 6) is -0.300. The van der Waals surface area contributed by atoms with E-state index in [1.54, 1.807) is 4.68 Å². The van der Waals surface area contributed by atoms with Crippen molar-refractivity contribution in [3.05, 3.63) is 95.2 Å². The van der Waals surface area contributed by atoms with Gasteiger partial charge in [0.15, 0.2) is 5.65 Å². The first-order valence-corrected chi connectivity index (χ1v) is 9.88. The van der Waals surface area contributed by atoms with Crippen LogP contribution < -0.4 is 10.9 Å². The van der Waals surface area contributed by atoms with Gasteiger partial charge in [0.2, 0.25) is 5.91 Å². The van der Waals surface area contributed by atoms with Crippen LogP contribution in [0.1, 0.15) is 5.56 Å². The van der Waals surface area contributed by atoms with Crippen molar-refractivity contribution in [2.24, 2.45) is 0 Å². The van der Waals surface area contributed by atoms with Crippen molar-refractivity contribution in [3.63, 3.8) is 0 Å². The molecular formula is C24H19N5O2. The second-order valence-corrected chi connectivity index (χ2v) is 7.38. The quantitative estimate of drug-likeness (QED) is 0.491. The second-order valence-electron chi connectivity index (χ2n) is 7.38. The van der Waals surface area contributed by atoms with Crippen LogP contribution in [0.15, 0.2) is 84.0 Å². The smallest absolute Gasteiger partial charge is 0.264 e. The van der Waals surface area contributed by atoms with E-state index >= 15 is 0 Å². The third kappa shape index (κ3) is 3.46. The molecule has 0 aliphatic rings. The van der Waals surface area contributed by atoms with Crippen molar-refractivity contribution in [3.8, 4) is 5.69 Å². The van der Waals surface area contributed by atoms with E-state index in [0.29, 0.717) is 16.7 Å². The Morgan fingerprint density at radius 2 is 1.74 bits per heavy atom. The average molecular weight is 409 g/mol. The standard InChI is InChI=1S/C24H19N5O2/c1-16-9-11-18(12-10-16)29-23-20(13-26-29)24(31)28(15-25-23)14-22(30)27-21-8-4-6-17-5-2-3-7-19(17)21/h2-13,15H,14H2,1H3,(H,27,30). The maximum absolute atomic E-state index is 12.9. The number of hydrogen-bond donors (Lipinski definition) is 1. The molecule has 0 bridgehead atoms. The molecule has 7 heteroatoms. The first kappa shape index (κ1) is 18.7. The molecule has 0 unspecified atom stereocenters. The number of fused-ring (bicyclic) bond motifs is 2. The lowest BCUT2D eigenvalue weighted by atomic mass is 10.1. The number of carbonyl (C=O) groups excluding carboxylic acids is 1. The van der Waals surface area contributed by atoms with Crippen molar-refractivity contribution < 1.29 is 4.79 Å². The van der Waals surface area contributed by atoms with Crippen molar-refractivity contribution in [1.29, 1.82) is 0 Å². The van der Waals surface area contributed by atoms with Gasteiger partial charge in [-0.2, -0.15) is 5.10 Å². The van der Waals surface area contributed by atoms with Crippen molar-refractivity contribution in [2.45, 2.75) is 13.5 Å². The maximum atomic E-state index is 12.9. The van der Waals surface area contributed by atoms with Crippen LogP contribution in [-0.4, -0.2) is 25.2 Å². The minimum atomic E-state index is -0.309. The van der Waals surface area contributed by atoms with Gasteiger partial charge in [-0.05, 0) is 30.5 Å². The van der Waals surface area contributed by atoms with Gasteiger partial charge in [0.1, 0.15) is 18.3 Å². The molecule has 31 heavy (non-hydrogen) atoms. The fourth-order valence-electron chi connectivity index (χ4n) is 3.62. The van der Waals surface area contributed by atoms with Gasteiger partial charge in [0.25, 0.3) is 5.56 Å². The van der Waals surface area contributed by atoms with Gasteiger partial charge in [0.05, 0.1) is 11.9 Å². The fraction of sp³-hybridized carbons (Fsp3) is 0.0833. The third-order valence-corrected chi connectivity index (χ3v) is 5.21. The molecule has 5 aromatic rings. The maximum Gasteiger partial charge on any atom is 0.264 e. The summed E-state index contributed by atoms with van der Waals surface area (Å²) in [5.41, 5.74) is 2.81. The largest absolute Gasteiger partial charge is 0.324 e. The predicted molar refractivity (Wildman–Crippen MR) is 120 cm³/mol. The zero-order chi connectivity index (χ0) is 21.4. The summed E-state index contributed by atoms with van der Waals surface area (Å²) in [6, 6.07) is 21.3. The molecule has 2 aromatic heterocycles. The molecule has 2 heterocycles. The van der Waals surface area contributed by atoms with Gasteiger partial charge >= 0.3 is 0 Å². The van der Waals surface area contributed by atoms with E-state index in [1.807, 2.05) is 73.7 Å². The molecule has 7 nitrogen and oxygen atoms in total. The molecule has 1 amide bonds. The number of carbonyl (C=O) groups is 1. The summed E-state index contributed by atoms with van der Waals surface area (Å²) in [5, 5.41) is 9.55. The van der Waals surface area contributed by atoms with E-state index in [4.69, 9.17) is 0 Å². The normalized spacial score (nSPS) is 11.1. The zero-order valence-electron chi connectivity index (χ0n) is 16.8. The van der Waals surface area contributed by atoms with Crippen LogP contribution in [0, 0.1) is 6.92 Å². The van der Waals surface area contributed by atoms with Crippen LogP contribution in [0.4, 0.5) is 5.69 Å². The second kappa shape index (κ2) is 7.53. The molecule has 0 spiro atoms. The Labute approximate surface area is 177 Å². The monoisotopic (exact) mass is 409 g/mol. The highest BCUT2D eigenvalue weighted by Gasteiger charge is 2.14. The summed E-state index contributed by atoms with van der Waals surface area (Å²) in [6.07, 6.45) is 2.88. The number of anilines is 1. The van der Waals surface area contributed by atoms with E-state index in [2.05, 4.69) is 15.4 Å².